The van der Waals surface area contributed by atoms with E-state index in [1.807, 2.05) is 38.1 Å². The Morgan fingerprint density at radius 1 is 1.10 bits per heavy atom. The number of hydrogen-bond donors (Lipinski definition) is 1. The molecule has 1 nitrogen and oxygen atoms in total. The zero-order valence-electron chi connectivity index (χ0n) is 12.1. The van der Waals surface area contributed by atoms with Crippen LogP contribution in [0.4, 0.5) is 4.39 Å². The van der Waals surface area contributed by atoms with Crippen LogP contribution in [0.25, 0.3) is 0 Å². The summed E-state index contributed by atoms with van der Waals surface area (Å²) in [7, 11) is 0. The van der Waals surface area contributed by atoms with Gasteiger partial charge in [-0.3, -0.25) is 0 Å². The van der Waals surface area contributed by atoms with Gasteiger partial charge in [0.25, 0.3) is 0 Å². The second kappa shape index (κ2) is 7.26. The minimum Gasteiger partial charge on any atom is -0.310 e. The van der Waals surface area contributed by atoms with E-state index in [-0.39, 0.29) is 11.9 Å². The number of benzene rings is 2. The summed E-state index contributed by atoms with van der Waals surface area (Å²) in [6.45, 7) is 4.65. The molecule has 1 atom stereocenters. The Kier molecular flexibility index (Phi) is 5.63. The zero-order chi connectivity index (χ0) is 15.4. The van der Waals surface area contributed by atoms with Crippen LogP contribution < -0.4 is 5.32 Å². The van der Waals surface area contributed by atoms with Crippen molar-refractivity contribution in [3.63, 3.8) is 0 Å². The van der Waals surface area contributed by atoms with Crippen LogP contribution in [-0.4, -0.2) is 6.54 Å². The van der Waals surface area contributed by atoms with E-state index in [2.05, 4.69) is 5.32 Å². The summed E-state index contributed by atoms with van der Waals surface area (Å²) in [5.74, 6) is -0.180. The Balaban J connectivity index is 2.28. The highest BCUT2D eigenvalue weighted by Gasteiger charge is 2.16. The first-order valence-electron chi connectivity index (χ1n) is 6.94. The molecule has 0 aromatic heterocycles. The lowest BCUT2D eigenvalue weighted by molar-refractivity contribution is 0.509. The molecule has 0 aliphatic rings. The summed E-state index contributed by atoms with van der Waals surface area (Å²) in [5, 5.41) is 4.38. The SMILES string of the molecule is CCNC(Cc1ccc(Cl)c(Cl)c1)c1ccc(C)cc1F. The standard InChI is InChI=1S/C17H18Cl2FN/c1-3-21-17(13-6-4-11(2)8-16(13)20)10-12-5-7-14(18)15(19)9-12/h4-9,17,21H,3,10H2,1-2H3. The van der Waals surface area contributed by atoms with Crippen LogP contribution in [0.5, 0.6) is 0 Å². The van der Waals surface area contributed by atoms with Gasteiger partial charge in [-0.25, -0.2) is 4.39 Å². The van der Waals surface area contributed by atoms with E-state index in [4.69, 9.17) is 23.2 Å². The third-order valence-corrected chi connectivity index (χ3v) is 4.14. The van der Waals surface area contributed by atoms with Crippen LogP contribution in [0.2, 0.25) is 10.0 Å². The quantitative estimate of drug-likeness (QED) is 0.782. The summed E-state index contributed by atoms with van der Waals surface area (Å²) in [6.07, 6.45) is 0.657. The van der Waals surface area contributed by atoms with Crippen molar-refractivity contribution in [3.8, 4) is 0 Å². The molecule has 0 bridgehead atoms. The predicted molar refractivity (Wildman–Crippen MR) is 87.7 cm³/mol. The Bertz CT molecular complexity index is 628. The van der Waals surface area contributed by atoms with Gasteiger partial charge >= 0.3 is 0 Å². The van der Waals surface area contributed by atoms with Gasteiger partial charge in [0, 0.05) is 11.6 Å². The van der Waals surface area contributed by atoms with Crippen molar-refractivity contribution in [2.24, 2.45) is 0 Å². The average Bonchev–Trinajstić information content (AvgIpc) is 2.42. The number of likely N-dealkylation sites (N-methyl/N-ethyl adjacent to an activating group) is 1. The van der Waals surface area contributed by atoms with Gasteiger partial charge in [0.2, 0.25) is 0 Å². The van der Waals surface area contributed by atoms with Gasteiger partial charge in [0.15, 0.2) is 0 Å². The zero-order valence-corrected chi connectivity index (χ0v) is 13.6. The van der Waals surface area contributed by atoms with Gasteiger partial charge in [-0.15, -0.1) is 0 Å². The van der Waals surface area contributed by atoms with E-state index in [9.17, 15) is 4.39 Å². The molecule has 0 aliphatic heterocycles. The van der Waals surface area contributed by atoms with Crippen LogP contribution in [0.3, 0.4) is 0 Å². The van der Waals surface area contributed by atoms with Crippen molar-refractivity contribution in [1.82, 2.24) is 5.32 Å². The van der Waals surface area contributed by atoms with Gasteiger partial charge in [0.05, 0.1) is 10.0 Å². The predicted octanol–water partition coefficient (Wildman–Crippen LogP) is 5.33. The number of hydrogen-bond acceptors (Lipinski definition) is 1. The highest BCUT2D eigenvalue weighted by molar-refractivity contribution is 6.42. The molecule has 0 heterocycles. The highest BCUT2D eigenvalue weighted by atomic mass is 35.5. The Morgan fingerprint density at radius 2 is 1.86 bits per heavy atom. The van der Waals surface area contributed by atoms with Gasteiger partial charge in [-0.05, 0) is 49.2 Å². The largest absolute Gasteiger partial charge is 0.310 e. The minimum atomic E-state index is -0.180. The van der Waals surface area contributed by atoms with Gasteiger partial charge in [-0.2, -0.15) is 0 Å². The molecule has 0 radical (unpaired) electrons. The molecule has 4 heteroatoms. The topological polar surface area (TPSA) is 12.0 Å². The van der Waals surface area contributed by atoms with Crippen molar-refractivity contribution in [2.45, 2.75) is 26.3 Å². The molecule has 0 amide bonds. The Hall–Kier alpha value is -1.09. The van der Waals surface area contributed by atoms with Crippen LogP contribution in [0.15, 0.2) is 36.4 Å². The van der Waals surface area contributed by atoms with Gasteiger partial charge < -0.3 is 5.32 Å². The first-order valence-corrected chi connectivity index (χ1v) is 7.70. The van der Waals surface area contributed by atoms with Crippen molar-refractivity contribution < 1.29 is 4.39 Å². The minimum absolute atomic E-state index is 0.0900. The summed E-state index contributed by atoms with van der Waals surface area (Å²) in [5.41, 5.74) is 2.62. The van der Waals surface area contributed by atoms with Crippen LogP contribution in [0.1, 0.15) is 29.7 Å². The Morgan fingerprint density at radius 3 is 2.48 bits per heavy atom. The maximum Gasteiger partial charge on any atom is 0.128 e. The fraction of sp³-hybridized carbons (Fsp3) is 0.294. The third kappa shape index (κ3) is 4.19. The summed E-state index contributed by atoms with van der Waals surface area (Å²) in [4.78, 5) is 0. The second-order valence-electron chi connectivity index (χ2n) is 5.09. The maximum atomic E-state index is 14.2. The van der Waals surface area contributed by atoms with E-state index in [1.165, 1.54) is 0 Å². The van der Waals surface area contributed by atoms with Gasteiger partial charge in [0.1, 0.15) is 5.82 Å². The molecule has 2 rings (SSSR count). The number of halogens is 3. The molecule has 0 saturated heterocycles. The second-order valence-corrected chi connectivity index (χ2v) is 5.90. The lowest BCUT2D eigenvalue weighted by atomic mass is 9.97. The monoisotopic (exact) mass is 325 g/mol. The first-order chi connectivity index (χ1) is 10.0. The average molecular weight is 326 g/mol. The summed E-state index contributed by atoms with van der Waals surface area (Å²) in [6, 6.07) is 10.8. The maximum absolute atomic E-state index is 14.2. The first kappa shape index (κ1) is 16.3. The molecular weight excluding hydrogens is 308 g/mol. The lowest BCUT2D eigenvalue weighted by Gasteiger charge is -2.20. The van der Waals surface area contributed by atoms with E-state index < -0.39 is 0 Å². The van der Waals surface area contributed by atoms with E-state index in [0.29, 0.717) is 22.0 Å². The van der Waals surface area contributed by atoms with Crippen molar-refractivity contribution in [1.29, 1.82) is 0 Å². The fourth-order valence-corrected chi connectivity index (χ4v) is 2.68. The molecule has 0 aliphatic carbocycles. The molecule has 21 heavy (non-hydrogen) atoms. The molecule has 2 aromatic rings. The molecule has 0 spiro atoms. The van der Waals surface area contributed by atoms with Crippen LogP contribution in [0, 0.1) is 12.7 Å². The Labute approximate surface area is 135 Å². The van der Waals surface area contributed by atoms with E-state index >= 15 is 0 Å². The lowest BCUT2D eigenvalue weighted by Crippen LogP contribution is -2.24. The molecule has 0 saturated carbocycles. The highest BCUT2D eigenvalue weighted by Crippen LogP contribution is 2.27. The summed E-state index contributed by atoms with van der Waals surface area (Å²) < 4.78 is 14.2. The molecule has 1 N–H and O–H groups in total. The molecular formula is C17H18Cl2FN. The van der Waals surface area contributed by atoms with Gasteiger partial charge in [-0.1, -0.05) is 48.3 Å². The van der Waals surface area contributed by atoms with Crippen molar-refractivity contribution in [3.05, 3.63) is 69.0 Å². The number of rotatable bonds is 5. The van der Waals surface area contributed by atoms with Crippen LogP contribution >= 0.6 is 23.2 Å². The normalized spacial score (nSPS) is 12.4. The van der Waals surface area contributed by atoms with Crippen LogP contribution in [-0.2, 0) is 6.42 Å². The fourth-order valence-electron chi connectivity index (χ4n) is 2.36. The molecule has 0 fully saturated rings. The third-order valence-electron chi connectivity index (χ3n) is 3.41. The van der Waals surface area contributed by atoms with E-state index in [0.717, 1.165) is 17.7 Å². The summed E-state index contributed by atoms with van der Waals surface area (Å²) >= 11 is 12.0. The molecule has 1 unspecified atom stereocenters. The molecule has 2 aromatic carbocycles. The van der Waals surface area contributed by atoms with E-state index in [1.54, 1.807) is 12.1 Å². The number of nitrogens with one attached hydrogen (secondary N) is 1. The van der Waals surface area contributed by atoms with Crippen molar-refractivity contribution >= 4 is 23.2 Å². The molecule has 112 valence electrons. The van der Waals surface area contributed by atoms with Crippen molar-refractivity contribution in [2.75, 3.05) is 6.54 Å². The number of aryl methyl sites for hydroxylation is 1. The smallest absolute Gasteiger partial charge is 0.128 e.